The van der Waals surface area contributed by atoms with E-state index in [2.05, 4.69) is 4.99 Å². The van der Waals surface area contributed by atoms with Crippen LogP contribution in [0, 0.1) is 11.3 Å². The predicted octanol–water partition coefficient (Wildman–Crippen LogP) is -0.193. The molecule has 0 aliphatic carbocycles. The van der Waals surface area contributed by atoms with E-state index in [9.17, 15) is 0 Å². The molecule has 0 amide bonds. The number of aliphatic imine (C=N–C) groups is 1. The van der Waals surface area contributed by atoms with Crippen LogP contribution in [0.4, 0.5) is 0 Å². The lowest BCUT2D eigenvalue weighted by Crippen LogP contribution is -2.10. The first-order valence-electron chi connectivity index (χ1n) is 2.25. The van der Waals surface area contributed by atoms with Crippen LogP contribution in [-0.2, 0) is 0 Å². The molecule has 0 saturated carbocycles. The summed E-state index contributed by atoms with van der Waals surface area (Å²) in [6.45, 7) is 0.564. The molecule has 0 fully saturated rings. The first kappa shape index (κ1) is 4.85. The number of hydrogen-bond acceptors (Lipinski definition) is 3. The molecule has 1 rings (SSSR count). The van der Waals surface area contributed by atoms with Crippen molar-refractivity contribution >= 4 is 5.84 Å². The fourth-order valence-electron chi connectivity index (χ4n) is 0.528. The molecule has 0 atom stereocenters. The third-order valence-corrected chi connectivity index (χ3v) is 0.953. The molecular weight excluding hydrogens is 102 g/mol. The zero-order valence-electron chi connectivity index (χ0n) is 4.26. The maximum absolute atomic E-state index is 8.26. The lowest BCUT2D eigenvalue weighted by molar-refractivity contribution is 1.27. The lowest BCUT2D eigenvalue weighted by Gasteiger charge is -1.83. The van der Waals surface area contributed by atoms with Gasteiger partial charge >= 0.3 is 0 Å². The highest BCUT2D eigenvalue weighted by molar-refractivity contribution is 6.02. The number of hydrogen-bond donors (Lipinski definition) is 1. The van der Waals surface area contributed by atoms with Gasteiger partial charge in [-0.25, -0.2) is 0 Å². The Morgan fingerprint density at radius 3 is 2.88 bits per heavy atom. The molecule has 1 heterocycles. The molecule has 0 unspecified atom stereocenters. The van der Waals surface area contributed by atoms with Crippen molar-refractivity contribution in [2.45, 2.75) is 0 Å². The van der Waals surface area contributed by atoms with Gasteiger partial charge in [-0.2, -0.15) is 5.26 Å². The van der Waals surface area contributed by atoms with Gasteiger partial charge in [0.25, 0.3) is 0 Å². The second kappa shape index (κ2) is 1.66. The Balaban J connectivity index is 2.86. The Bertz CT molecular complexity index is 194. The monoisotopic (exact) mass is 107 g/mol. The smallest absolute Gasteiger partial charge is 0.136 e. The van der Waals surface area contributed by atoms with Gasteiger partial charge in [0.1, 0.15) is 11.9 Å². The van der Waals surface area contributed by atoms with Crippen molar-refractivity contribution in [2.24, 2.45) is 10.7 Å². The van der Waals surface area contributed by atoms with E-state index in [1.54, 1.807) is 6.08 Å². The van der Waals surface area contributed by atoms with E-state index in [0.717, 1.165) is 0 Å². The summed E-state index contributed by atoms with van der Waals surface area (Å²) in [5, 5.41) is 8.26. The van der Waals surface area contributed by atoms with Gasteiger partial charge in [0.05, 0.1) is 12.1 Å². The standard InChI is InChI=1S/C5H5N3/c6-3-4-1-2-8-5(4)7/h1H,2H2,(H2,7,8). The highest BCUT2D eigenvalue weighted by atomic mass is 14.9. The van der Waals surface area contributed by atoms with Crippen molar-refractivity contribution in [3.63, 3.8) is 0 Å². The molecule has 0 radical (unpaired) electrons. The quantitative estimate of drug-likeness (QED) is 0.466. The van der Waals surface area contributed by atoms with Crippen LogP contribution in [0.25, 0.3) is 0 Å². The second-order valence-electron chi connectivity index (χ2n) is 1.46. The Morgan fingerprint density at radius 2 is 2.62 bits per heavy atom. The summed E-state index contributed by atoms with van der Waals surface area (Å²) in [6, 6.07) is 1.92. The van der Waals surface area contributed by atoms with E-state index in [1.807, 2.05) is 6.07 Å². The van der Waals surface area contributed by atoms with Crippen LogP contribution < -0.4 is 5.73 Å². The predicted molar refractivity (Wildman–Crippen MR) is 30.2 cm³/mol. The van der Waals surface area contributed by atoms with E-state index in [1.165, 1.54) is 0 Å². The highest BCUT2D eigenvalue weighted by Crippen LogP contribution is 1.99. The number of amidine groups is 1. The molecule has 40 valence electrons. The third-order valence-electron chi connectivity index (χ3n) is 0.953. The second-order valence-corrected chi connectivity index (χ2v) is 1.46. The van der Waals surface area contributed by atoms with Crippen LogP contribution in [-0.4, -0.2) is 12.4 Å². The van der Waals surface area contributed by atoms with Crippen LogP contribution >= 0.6 is 0 Å². The van der Waals surface area contributed by atoms with Crippen LogP contribution in [0.5, 0.6) is 0 Å². The number of rotatable bonds is 0. The maximum Gasteiger partial charge on any atom is 0.136 e. The van der Waals surface area contributed by atoms with Gasteiger partial charge in [0, 0.05) is 0 Å². The summed E-state index contributed by atoms with van der Waals surface area (Å²) in [5.41, 5.74) is 5.75. The molecule has 3 heteroatoms. The molecule has 3 nitrogen and oxygen atoms in total. The van der Waals surface area contributed by atoms with Gasteiger partial charge in [-0.15, -0.1) is 0 Å². The summed E-state index contributed by atoms with van der Waals surface area (Å²) in [4.78, 5) is 3.77. The number of nitrogens with two attached hydrogens (primary N) is 1. The van der Waals surface area contributed by atoms with Gasteiger partial charge in [0.15, 0.2) is 0 Å². The number of nitrogens with zero attached hydrogens (tertiary/aromatic N) is 2. The van der Waals surface area contributed by atoms with Crippen LogP contribution in [0.1, 0.15) is 0 Å². The van der Waals surface area contributed by atoms with Crippen molar-refractivity contribution in [1.82, 2.24) is 0 Å². The molecule has 2 N–H and O–H groups in total. The Hall–Kier alpha value is -1.30. The molecule has 0 spiro atoms. The third kappa shape index (κ3) is 0.562. The van der Waals surface area contributed by atoms with Crippen molar-refractivity contribution in [2.75, 3.05) is 6.54 Å². The van der Waals surface area contributed by atoms with Gasteiger partial charge < -0.3 is 5.73 Å². The summed E-state index contributed by atoms with van der Waals surface area (Å²) in [5.74, 6) is 0.368. The van der Waals surface area contributed by atoms with Gasteiger partial charge in [0.2, 0.25) is 0 Å². The summed E-state index contributed by atoms with van der Waals surface area (Å²) in [7, 11) is 0. The van der Waals surface area contributed by atoms with Crippen molar-refractivity contribution in [3.8, 4) is 6.07 Å². The summed E-state index contributed by atoms with van der Waals surface area (Å²) < 4.78 is 0. The Labute approximate surface area is 47.1 Å². The minimum atomic E-state index is 0.368. The SMILES string of the molecule is N#CC1=CCN=C1N. The van der Waals surface area contributed by atoms with E-state index in [0.29, 0.717) is 18.0 Å². The zero-order valence-corrected chi connectivity index (χ0v) is 4.26. The normalized spacial score (nSPS) is 16.9. The Kier molecular flexibility index (Phi) is 1.01. The van der Waals surface area contributed by atoms with Gasteiger partial charge in [-0.05, 0) is 6.08 Å². The van der Waals surface area contributed by atoms with Gasteiger partial charge in [-0.3, -0.25) is 4.99 Å². The van der Waals surface area contributed by atoms with E-state index in [4.69, 9.17) is 11.0 Å². The molecular formula is C5H5N3. The van der Waals surface area contributed by atoms with Crippen LogP contribution in [0.15, 0.2) is 16.6 Å². The first-order chi connectivity index (χ1) is 3.84. The van der Waals surface area contributed by atoms with E-state index in [-0.39, 0.29) is 0 Å². The van der Waals surface area contributed by atoms with Gasteiger partial charge in [-0.1, -0.05) is 0 Å². The van der Waals surface area contributed by atoms with Crippen molar-refractivity contribution in [1.29, 1.82) is 5.26 Å². The molecule has 0 aromatic carbocycles. The minimum Gasteiger partial charge on any atom is -0.383 e. The molecule has 1 aliphatic rings. The van der Waals surface area contributed by atoms with E-state index >= 15 is 0 Å². The highest BCUT2D eigenvalue weighted by Gasteiger charge is 2.04. The first-order valence-corrected chi connectivity index (χ1v) is 2.25. The topological polar surface area (TPSA) is 62.2 Å². The maximum atomic E-state index is 8.26. The Morgan fingerprint density at radius 1 is 1.88 bits per heavy atom. The van der Waals surface area contributed by atoms with Crippen LogP contribution in [0.2, 0.25) is 0 Å². The molecule has 0 bridgehead atoms. The fraction of sp³-hybridized carbons (Fsp3) is 0.200. The number of nitriles is 1. The van der Waals surface area contributed by atoms with Crippen LogP contribution in [0.3, 0.4) is 0 Å². The van der Waals surface area contributed by atoms with E-state index < -0.39 is 0 Å². The lowest BCUT2D eigenvalue weighted by atomic mass is 10.3. The fourth-order valence-corrected chi connectivity index (χ4v) is 0.528. The molecule has 0 aromatic rings. The summed E-state index contributed by atoms with van der Waals surface area (Å²) in [6.07, 6.45) is 1.70. The van der Waals surface area contributed by atoms with Crippen molar-refractivity contribution in [3.05, 3.63) is 11.6 Å². The average molecular weight is 107 g/mol. The molecule has 0 aromatic heterocycles. The minimum absolute atomic E-state index is 0.368. The molecule has 0 saturated heterocycles. The molecule has 8 heavy (non-hydrogen) atoms. The van der Waals surface area contributed by atoms with Crippen molar-refractivity contribution < 1.29 is 0 Å². The largest absolute Gasteiger partial charge is 0.383 e. The average Bonchev–Trinajstić information content (AvgIpc) is 2.14. The summed E-state index contributed by atoms with van der Waals surface area (Å²) >= 11 is 0. The molecule has 1 aliphatic heterocycles. The zero-order chi connectivity index (χ0) is 5.98.